The number of epoxide rings is 1. The maximum absolute atomic E-state index is 12.5. The fraction of sp³-hybridized carbons (Fsp3) is 0.294. The van der Waals surface area contributed by atoms with Crippen LogP contribution in [0.15, 0.2) is 48.5 Å². The zero-order valence-electron chi connectivity index (χ0n) is 12.0. The molecule has 0 aromatic heterocycles. The Morgan fingerprint density at radius 3 is 1.95 bits per heavy atom. The van der Waals surface area contributed by atoms with Gasteiger partial charge in [-0.1, -0.05) is 24.3 Å². The summed E-state index contributed by atoms with van der Waals surface area (Å²) in [5.74, 6) is 0.715. The molecule has 1 unspecified atom stereocenters. The predicted molar refractivity (Wildman–Crippen MR) is 76.7 cm³/mol. The van der Waals surface area contributed by atoms with Gasteiger partial charge in [-0.15, -0.1) is 0 Å². The zero-order valence-corrected chi connectivity index (χ0v) is 12.0. The molecule has 0 radical (unpaired) electrons. The van der Waals surface area contributed by atoms with Crippen molar-refractivity contribution in [2.45, 2.75) is 18.7 Å². The van der Waals surface area contributed by atoms with E-state index in [1.807, 2.05) is 19.1 Å². The number of halogens is 3. The number of alkyl halides is 3. The van der Waals surface area contributed by atoms with Gasteiger partial charge in [-0.3, -0.25) is 0 Å². The summed E-state index contributed by atoms with van der Waals surface area (Å²) < 4.78 is 48.4. The zero-order chi connectivity index (χ0) is 15.8. The highest BCUT2D eigenvalue weighted by Crippen LogP contribution is 2.31. The maximum Gasteiger partial charge on any atom is 0.416 e. The number of ether oxygens (including phenoxy) is 2. The Balaban J connectivity index is 1.69. The molecule has 22 heavy (non-hydrogen) atoms. The van der Waals surface area contributed by atoms with Crippen LogP contribution in [-0.4, -0.2) is 18.8 Å². The first-order valence-corrected chi connectivity index (χ1v) is 6.90. The topological polar surface area (TPSA) is 21.8 Å². The van der Waals surface area contributed by atoms with Crippen LogP contribution >= 0.6 is 0 Å². The molecule has 1 saturated heterocycles. The van der Waals surface area contributed by atoms with E-state index in [1.54, 1.807) is 12.1 Å². The summed E-state index contributed by atoms with van der Waals surface area (Å²) >= 11 is 0. The molecule has 2 aromatic carbocycles. The first kappa shape index (κ1) is 14.9. The third-order valence-electron chi connectivity index (χ3n) is 3.58. The number of hydrogen-bond donors (Lipinski definition) is 0. The monoisotopic (exact) mass is 308 g/mol. The fourth-order valence-electron chi connectivity index (χ4n) is 2.04. The SMILES string of the molecule is CC1(COc2ccc(-c3ccc(C(F)(F)F)cc3)cc2)CO1. The number of rotatable bonds is 4. The lowest BCUT2D eigenvalue weighted by atomic mass is 10.0. The summed E-state index contributed by atoms with van der Waals surface area (Å²) in [6.45, 7) is 3.17. The second kappa shape index (κ2) is 5.32. The lowest BCUT2D eigenvalue weighted by Gasteiger charge is -2.10. The summed E-state index contributed by atoms with van der Waals surface area (Å²) in [5, 5.41) is 0. The van der Waals surface area contributed by atoms with E-state index >= 15 is 0 Å². The average molecular weight is 308 g/mol. The Kier molecular flexibility index (Phi) is 3.60. The van der Waals surface area contributed by atoms with E-state index in [0.717, 1.165) is 23.3 Å². The molecule has 1 aliphatic heterocycles. The van der Waals surface area contributed by atoms with Gasteiger partial charge in [0, 0.05) is 0 Å². The van der Waals surface area contributed by atoms with E-state index in [4.69, 9.17) is 9.47 Å². The fourth-order valence-corrected chi connectivity index (χ4v) is 2.04. The standard InChI is InChI=1S/C17H15F3O2/c1-16(11-22-16)10-21-15-8-4-13(5-9-15)12-2-6-14(7-3-12)17(18,19)20/h2-9H,10-11H2,1H3. The summed E-state index contributed by atoms with van der Waals surface area (Å²) in [7, 11) is 0. The van der Waals surface area contributed by atoms with Crippen molar-refractivity contribution in [1.29, 1.82) is 0 Å². The van der Waals surface area contributed by atoms with Gasteiger partial charge in [-0.25, -0.2) is 0 Å². The molecule has 0 bridgehead atoms. The predicted octanol–water partition coefficient (Wildman–Crippen LogP) is 4.54. The molecule has 0 amide bonds. The Morgan fingerprint density at radius 1 is 1.00 bits per heavy atom. The highest BCUT2D eigenvalue weighted by atomic mass is 19.4. The van der Waals surface area contributed by atoms with Crippen LogP contribution in [0.5, 0.6) is 5.75 Å². The van der Waals surface area contributed by atoms with Crippen molar-refractivity contribution < 1.29 is 22.6 Å². The maximum atomic E-state index is 12.5. The smallest absolute Gasteiger partial charge is 0.416 e. The third-order valence-corrected chi connectivity index (χ3v) is 3.58. The van der Waals surface area contributed by atoms with Crippen LogP contribution in [0.1, 0.15) is 12.5 Å². The second-order valence-electron chi connectivity index (χ2n) is 5.63. The van der Waals surface area contributed by atoms with Gasteiger partial charge in [-0.2, -0.15) is 13.2 Å². The molecule has 5 heteroatoms. The first-order chi connectivity index (χ1) is 10.4. The van der Waals surface area contributed by atoms with Crippen molar-refractivity contribution in [3.63, 3.8) is 0 Å². The Morgan fingerprint density at radius 2 is 1.50 bits per heavy atom. The van der Waals surface area contributed by atoms with Gasteiger partial charge < -0.3 is 9.47 Å². The molecule has 1 atom stereocenters. The summed E-state index contributed by atoms with van der Waals surface area (Å²) in [6.07, 6.45) is -4.31. The molecule has 0 N–H and O–H groups in total. The number of benzene rings is 2. The van der Waals surface area contributed by atoms with Crippen LogP contribution in [0, 0.1) is 0 Å². The van der Waals surface area contributed by atoms with Gasteiger partial charge in [0.25, 0.3) is 0 Å². The molecule has 2 aromatic rings. The van der Waals surface area contributed by atoms with E-state index < -0.39 is 11.7 Å². The van der Waals surface area contributed by atoms with Crippen LogP contribution in [0.25, 0.3) is 11.1 Å². The van der Waals surface area contributed by atoms with Crippen LogP contribution in [0.4, 0.5) is 13.2 Å². The molecule has 0 spiro atoms. The van der Waals surface area contributed by atoms with E-state index in [1.165, 1.54) is 12.1 Å². The van der Waals surface area contributed by atoms with Gasteiger partial charge in [0.2, 0.25) is 0 Å². The molecule has 0 saturated carbocycles. The minimum absolute atomic E-state index is 0.175. The normalized spacial score (nSPS) is 20.7. The van der Waals surface area contributed by atoms with Crippen molar-refractivity contribution in [2.24, 2.45) is 0 Å². The second-order valence-corrected chi connectivity index (χ2v) is 5.63. The average Bonchev–Trinajstić information content (AvgIpc) is 3.23. The lowest BCUT2D eigenvalue weighted by Crippen LogP contribution is -2.16. The number of hydrogen-bond acceptors (Lipinski definition) is 2. The Hall–Kier alpha value is -2.01. The summed E-state index contributed by atoms with van der Waals surface area (Å²) in [4.78, 5) is 0. The minimum atomic E-state index is -4.31. The van der Waals surface area contributed by atoms with E-state index in [9.17, 15) is 13.2 Å². The molecule has 1 aliphatic rings. The molecule has 2 nitrogen and oxygen atoms in total. The van der Waals surface area contributed by atoms with Crippen molar-refractivity contribution in [3.8, 4) is 16.9 Å². The van der Waals surface area contributed by atoms with Crippen molar-refractivity contribution in [3.05, 3.63) is 54.1 Å². The van der Waals surface area contributed by atoms with Crippen LogP contribution < -0.4 is 4.74 Å². The van der Waals surface area contributed by atoms with Gasteiger partial charge in [0.05, 0.1) is 12.2 Å². The van der Waals surface area contributed by atoms with E-state index in [0.29, 0.717) is 19.0 Å². The van der Waals surface area contributed by atoms with Gasteiger partial charge in [-0.05, 0) is 42.3 Å². The van der Waals surface area contributed by atoms with Gasteiger partial charge in [0.1, 0.15) is 18.0 Å². The van der Waals surface area contributed by atoms with Crippen LogP contribution in [0.3, 0.4) is 0 Å². The van der Waals surface area contributed by atoms with Crippen molar-refractivity contribution in [2.75, 3.05) is 13.2 Å². The minimum Gasteiger partial charge on any atom is -0.491 e. The van der Waals surface area contributed by atoms with Gasteiger partial charge in [0.15, 0.2) is 0 Å². The Labute approximate surface area is 126 Å². The van der Waals surface area contributed by atoms with Crippen molar-refractivity contribution in [1.82, 2.24) is 0 Å². The van der Waals surface area contributed by atoms with E-state index in [-0.39, 0.29) is 5.60 Å². The summed E-state index contributed by atoms with van der Waals surface area (Å²) in [5.41, 5.74) is 0.757. The highest BCUT2D eigenvalue weighted by Gasteiger charge is 2.40. The van der Waals surface area contributed by atoms with Gasteiger partial charge >= 0.3 is 6.18 Å². The molecular formula is C17H15F3O2. The van der Waals surface area contributed by atoms with Crippen LogP contribution in [0.2, 0.25) is 0 Å². The third kappa shape index (κ3) is 3.42. The van der Waals surface area contributed by atoms with Crippen LogP contribution in [-0.2, 0) is 10.9 Å². The first-order valence-electron chi connectivity index (χ1n) is 6.90. The molecular weight excluding hydrogens is 293 g/mol. The molecule has 1 heterocycles. The lowest BCUT2D eigenvalue weighted by molar-refractivity contribution is -0.137. The van der Waals surface area contributed by atoms with E-state index in [2.05, 4.69) is 0 Å². The largest absolute Gasteiger partial charge is 0.491 e. The molecule has 0 aliphatic carbocycles. The summed E-state index contributed by atoms with van der Waals surface area (Å²) in [6, 6.07) is 12.4. The Bertz CT molecular complexity index is 641. The quantitative estimate of drug-likeness (QED) is 0.773. The molecule has 116 valence electrons. The highest BCUT2D eigenvalue weighted by molar-refractivity contribution is 5.64. The van der Waals surface area contributed by atoms with Crippen molar-refractivity contribution >= 4 is 0 Å². The molecule has 3 rings (SSSR count). The molecule has 1 fully saturated rings.